The molecule has 0 aliphatic carbocycles. The monoisotopic (exact) mass is 371 g/mol. The SMILES string of the molecule is CC(=O)N[C@H]1CN(Cc2ccc(CN(C)S(C)(=O)=O)o2)C[C@@H]1C(C)C. The molecular weight excluding hydrogens is 342 g/mol. The highest BCUT2D eigenvalue weighted by Gasteiger charge is 2.35. The molecule has 0 aromatic carbocycles. The first-order valence-electron chi connectivity index (χ1n) is 8.54. The van der Waals surface area contributed by atoms with Gasteiger partial charge < -0.3 is 9.73 Å². The Balaban J connectivity index is 1.97. The number of hydrogen-bond donors (Lipinski definition) is 1. The summed E-state index contributed by atoms with van der Waals surface area (Å²) in [7, 11) is -1.70. The van der Waals surface area contributed by atoms with Crippen LogP contribution in [0.4, 0.5) is 0 Å². The number of amides is 1. The Hall–Kier alpha value is -1.38. The van der Waals surface area contributed by atoms with Gasteiger partial charge >= 0.3 is 0 Å². The zero-order chi connectivity index (χ0) is 18.8. The van der Waals surface area contributed by atoms with Gasteiger partial charge in [0, 0.05) is 33.1 Å². The first kappa shape index (κ1) is 19.9. The van der Waals surface area contributed by atoms with Crippen molar-refractivity contribution in [3.63, 3.8) is 0 Å². The molecule has 1 saturated heterocycles. The van der Waals surface area contributed by atoms with Crippen LogP contribution in [0.5, 0.6) is 0 Å². The second-order valence-electron chi connectivity index (χ2n) is 7.30. The summed E-state index contributed by atoms with van der Waals surface area (Å²) < 4.78 is 30.0. The molecule has 0 bridgehead atoms. The Morgan fingerprint density at radius 1 is 1.36 bits per heavy atom. The molecule has 1 aliphatic heterocycles. The maximum absolute atomic E-state index is 11.5. The van der Waals surface area contributed by atoms with Gasteiger partial charge in [0.05, 0.1) is 19.3 Å². The van der Waals surface area contributed by atoms with E-state index >= 15 is 0 Å². The minimum absolute atomic E-state index is 0.00148. The van der Waals surface area contributed by atoms with E-state index in [2.05, 4.69) is 24.1 Å². The number of likely N-dealkylation sites (tertiary alicyclic amines) is 1. The second-order valence-corrected chi connectivity index (χ2v) is 9.39. The Labute approximate surface area is 150 Å². The third kappa shape index (κ3) is 5.55. The Kier molecular flexibility index (Phi) is 6.29. The number of carbonyl (C=O) groups is 1. The summed E-state index contributed by atoms with van der Waals surface area (Å²) in [6.45, 7) is 8.48. The largest absolute Gasteiger partial charge is 0.463 e. The van der Waals surface area contributed by atoms with Crippen LogP contribution in [0.1, 0.15) is 32.3 Å². The quantitative estimate of drug-likeness (QED) is 0.780. The van der Waals surface area contributed by atoms with Gasteiger partial charge in [-0.25, -0.2) is 8.42 Å². The zero-order valence-corrected chi connectivity index (χ0v) is 16.5. The van der Waals surface area contributed by atoms with E-state index in [9.17, 15) is 13.2 Å². The molecule has 0 unspecified atom stereocenters. The molecule has 1 N–H and O–H groups in total. The van der Waals surface area contributed by atoms with Crippen molar-refractivity contribution < 1.29 is 17.6 Å². The average Bonchev–Trinajstić information content (AvgIpc) is 3.04. The molecule has 2 rings (SSSR count). The molecule has 1 fully saturated rings. The van der Waals surface area contributed by atoms with Crippen molar-refractivity contribution in [1.82, 2.24) is 14.5 Å². The third-order valence-corrected chi connectivity index (χ3v) is 5.99. The maximum Gasteiger partial charge on any atom is 0.217 e. The average molecular weight is 372 g/mol. The molecule has 2 atom stereocenters. The summed E-state index contributed by atoms with van der Waals surface area (Å²) in [6, 6.07) is 3.86. The van der Waals surface area contributed by atoms with Crippen molar-refractivity contribution >= 4 is 15.9 Å². The highest BCUT2D eigenvalue weighted by molar-refractivity contribution is 7.88. The van der Waals surface area contributed by atoms with Crippen molar-refractivity contribution in [2.24, 2.45) is 11.8 Å². The van der Waals surface area contributed by atoms with Gasteiger partial charge in [-0.3, -0.25) is 9.69 Å². The van der Waals surface area contributed by atoms with Crippen LogP contribution in [0.3, 0.4) is 0 Å². The normalized spacial score (nSPS) is 22.0. The number of carbonyl (C=O) groups excluding carboxylic acids is 1. The van der Waals surface area contributed by atoms with Crippen LogP contribution in [-0.2, 0) is 27.9 Å². The number of furan rings is 1. The van der Waals surface area contributed by atoms with Crippen LogP contribution in [0.15, 0.2) is 16.5 Å². The predicted molar refractivity (Wildman–Crippen MR) is 96.2 cm³/mol. The summed E-state index contributed by atoms with van der Waals surface area (Å²) in [5.41, 5.74) is 0. The number of nitrogens with zero attached hydrogens (tertiary/aromatic N) is 2. The smallest absolute Gasteiger partial charge is 0.217 e. The van der Waals surface area contributed by atoms with E-state index in [1.807, 2.05) is 12.1 Å². The van der Waals surface area contributed by atoms with Gasteiger partial charge in [-0.05, 0) is 24.0 Å². The molecule has 1 aliphatic rings. The van der Waals surface area contributed by atoms with E-state index in [1.54, 1.807) is 6.92 Å². The minimum atomic E-state index is -3.23. The lowest BCUT2D eigenvalue weighted by Gasteiger charge is -2.22. The van der Waals surface area contributed by atoms with Gasteiger partial charge in [-0.1, -0.05) is 13.8 Å². The van der Waals surface area contributed by atoms with Gasteiger partial charge in [-0.2, -0.15) is 4.31 Å². The second kappa shape index (κ2) is 7.88. The lowest BCUT2D eigenvalue weighted by atomic mass is 9.91. The summed E-state index contributed by atoms with van der Waals surface area (Å²) in [5.74, 6) is 2.33. The molecule has 1 aromatic rings. The van der Waals surface area contributed by atoms with Crippen molar-refractivity contribution in [2.75, 3.05) is 26.4 Å². The molecule has 2 heterocycles. The Morgan fingerprint density at radius 2 is 2.00 bits per heavy atom. The van der Waals surface area contributed by atoms with Crippen LogP contribution in [0, 0.1) is 11.8 Å². The fourth-order valence-electron chi connectivity index (χ4n) is 3.28. The first-order chi connectivity index (χ1) is 11.6. The van der Waals surface area contributed by atoms with Crippen LogP contribution in [0.2, 0.25) is 0 Å². The third-order valence-electron chi connectivity index (χ3n) is 4.73. The van der Waals surface area contributed by atoms with Gasteiger partial charge in [0.25, 0.3) is 0 Å². The molecule has 7 nitrogen and oxygen atoms in total. The molecule has 1 aromatic heterocycles. The van der Waals surface area contributed by atoms with E-state index < -0.39 is 10.0 Å². The topological polar surface area (TPSA) is 82.9 Å². The Morgan fingerprint density at radius 3 is 2.56 bits per heavy atom. The van der Waals surface area contributed by atoms with E-state index in [0.717, 1.165) is 18.8 Å². The Bertz CT molecular complexity index is 699. The van der Waals surface area contributed by atoms with Gasteiger partial charge in [0.1, 0.15) is 11.5 Å². The van der Waals surface area contributed by atoms with Crippen molar-refractivity contribution in [1.29, 1.82) is 0 Å². The van der Waals surface area contributed by atoms with E-state index in [0.29, 0.717) is 24.1 Å². The van der Waals surface area contributed by atoms with Gasteiger partial charge in [0.15, 0.2) is 0 Å². The molecule has 8 heteroatoms. The van der Waals surface area contributed by atoms with Crippen molar-refractivity contribution in [2.45, 2.75) is 39.9 Å². The molecule has 1 amide bonds. The first-order valence-corrected chi connectivity index (χ1v) is 10.4. The summed E-state index contributed by atoms with van der Waals surface area (Å²) in [4.78, 5) is 13.7. The van der Waals surface area contributed by atoms with E-state index in [4.69, 9.17) is 4.42 Å². The fourth-order valence-corrected chi connectivity index (χ4v) is 3.64. The van der Waals surface area contributed by atoms with E-state index in [1.165, 1.54) is 17.6 Å². The highest BCUT2D eigenvalue weighted by atomic mass is 32.2. The highest BCUT2D eigenvalue weighted by Crippen LogP contribution is 2.26. The maximum atomic E-state index is 11.5. The summed E-state index contributed by atoms with van der Waals surface area (Å²) in [6.07, 6.45) is 1.18. The summed E-state index contributed by atoms with van der Waals surface area (Å²) in [5, 5.41) is 3.05. The van der Waals surface area contributed by atoms with Crippen LogP contribution >= 0.6 is 0 Å². The van der Waals surface area contributed by atoms with Crippen LogP contribution in [-0.4, -0.2) is 56.0 Å². The zero-order valence-electron chi connectivity index (χ0n) is 15.7. The molecule has 142 valence electrons. The van der Waals surface area contributed by atoms with Crippen LogP contribution in [0.25, 0.3) is 0 Å². The molecular formula is C17H29N3O4S. The lowest BCUT2D eigenvalue weighted by molar-refractivity contribution is -0.119. The van der Waals surface area contributed by atoms with Crippen molar-refractivity contribution in [3.05, 3.63) is 23.7 Å². The number of nitrogens with one attached hydrogen (secondary N) is 1. The number of rotatable bonds is 7. The number of hydrogen-bond acceptors (Lipinski definition) is 5. The van der Waals surface area contributed by atoms with Gasteiger partial charge in [-0.15, -0.1) is 0 Å². The predicted octanol–water partition coefficient (Wildman–Crippen LogP) is 1.26. The van der Waals surface area contributed by atoms with Crippen molar-refractivity contribution in [3.8, 4) is 0 Å². The molecule has 0 spiro atoms. The fraction of sp³-hybridized carbons (Fsp3) is 0.706. The van der Waals surface area contributed by atoms with Gasteiger partial charge in [0.2, 0.25) is 15.9 Å². The molecule has 25 heavy (non-hydrogen) atoms. The lowest BCUT2D eigenvalue weighted by Crippen LogP contribution is -2.40. The van der Waals surface area contributed by atoms with Crippen LogP contribution < -0.4 is 5.32 Å². The standard InChI is InChI=1S/C17H29N3O4S/c1-12(2)16-10-20(11-17(16)18-13(3)21)9-15-7-6-14(24-15)8-19(4)25(5,22)23/h6-7,12,16-17H,8-11H2,1-5H3,(H,18,21)/t16-,17+/m1/s1. The molecule has 0 saturated carbocycles. The summed E-state index contributed by atoms with van der Waals surface area (Å²) >= 11 is 0. The molecule has 0 radical (unpaired) electrons. The van der Waals surface area contributed by atoms with E-state index in [-0.39, 0.29) is 18.5 Å². The number of sulfonamides is 1. The minimum Gasteiger partial charge on any atom is -0.463 e.